The van der Waals surface area contributed by atoms with E-state index in [1.165, 1.54) is 24.3 Å². The van der Waals surface area contributed by atoms with Crippen molar-refractivity contribution in [3.63, 3.8) is 0 Å². The smallest absolute Gasteiger partial charge is 0.255 e. The maximum absolute atomic E-state index is 12.3. The number of benzene rings is 2. The molecular weight excluding hydrogens is 366 g/mol. The van der Waals surface area contributed by atoms with E-state index in [2.05, 4.69) is 10.0 Å². The monoisotopic (exact) mass is 391 g/mol. The largest absolute Gasteiger partial charge is 0.492 e. The van der Waals surface area contributed by atoms with E-state index < -0.39 is 15.6 Å². The first-order valence-electron chi connectivity index (χ1n) is 8.49. The first-order valence-corrected chi connectivity index (χ1v) is 9.97. The van der Waals surface area contributed by atoms with E-state index in [9.17, 15) is 13.2 Å². The van der Waals surface area contributed by atoms with Crippen LogP contribution in [-0.2, 0) is 10.0 Å². The Labute approximate surface area is 160 Å². The number of hydrogen-bond acceptors (Lipinski definition) is 5. The van der Waals surface area contributed by atoms with Crippen molar-refractivity contribution in [2.24, 2.45) is 5.73 Å². The molecule has 0 heterocycles. The van der Waals surface area contributed by atoms with Crippen LogP contribution in [0.15, 0.2) is 53.4 Å². The SMILES string of the molecule is CC(C)(C)NS(=O)(=O)c1ccc(C(=O)Nc2ccc(OCCN)cc2)cc1. The van der Waals surface area contributed by atoms with Gasteiger partial charge in [-0.05, 0) is 69.3 Å². The average Bonchev–Trinajstić information content (AvgIpc) is 2.59. The molecule has 2 aromatic carbocycles. The number of sulfonamides is 1. The van der Waals surface area contributed by atoms with E-state index in [1.807, 2.05) is 0 Å². The van der Waals surface area contributed by atoms with Gasteiger partial charge in [-0.25, -0.2) is 13.1 Å². The summed E-state index contributed by atoms with van der Waals surface area (Å²) >= 11 is 0. The van der Waals surface area contributed by atoms with E-state index in [-0.39, 0.29) is 10.8 Å². The van der Waals surface area contributed by atoms with Crippen molar-refractivity contribution in [2.45, 2.75) is 31.2 Å². The molecule has 0 aliphatic heterocycles. The maximum Gasteiger partial charge on any atom is 0.255 e. The minimum Gasteiger partial charge on any atom is -0.492 e. The zero-order chi connectivity index (χ0) is 20.1. The molecule has 0 saturated carbocycles. The van der Waals surface area contributed by atoms with Crippen LogP contribution >= 0.6 is 0 Å². The van der Waals surface area contributed by atoms with Gasteiger partial charge in [0.05, 0.1) is 4.90 Å². The van der Waals surface area contributed by atoms with Gasteiger partial charge in [-0.3, -0.25) is 4.79 Å². The Morgan fingerprint density at radius 3 is 2.15 bits per heavy atom. The summed E-state index contributed by atoms with van der Waals surface area (Å²) in [6, 6.07) is 12.7. The Bertz CT molecular complexity index is 871. The van der Waals surface area contributed by atoms with Crippen LogP contribution in [0.5, 0.6) is 5.75 Å². The van der Waals surface area contributed by atoms with Crippen LogP contribution in [0, 0.1) is 0 Å². The lowest BCUT2D eigenvalue weighted by Gasteiger charge is -2.20. The Balaban J connectivity index is 2.05. The van der Waals surface area contributed by atoms with Crippen LogP contribution in [-0.4, -0.2) is 33.0 Å². The quantitative estimate of drug-likeness (QED) is 0.671. The molecule has 7 nitrogen and oxygen atoms in total. The van der Waals surface area contributed by atoms with Gasteiger partial charge < -0.3 is 15.8 Å². The van der Waals surface area contributed by atoms with Crippen molar-refractivity contribution in [1.82, 2.24) is 4.72 Å². The molecule has 0 atom stereocenters. The standard InChI is InChI=1S/C19H25N3O4S/c1-19(2,3)22-27(24,25)17-10-4-14(5-11-17)18(23)21-15-6-8-16(9-7-15)26-13-12-20/h4-11,22H,12-13,20H2,1-3H3,(H,21,23). The topological polar surface area (TPSA) is 111 Å². The van der Waals surface area contributed by atoms with E-state index >= 15 is 0 Å². The lowest BCUT2D eigenvalue weighted by molar-refractivity contribution is 0.102. The molecule has 0 unspecified atom stereocenters. The third-order valence-electron chi connectivity index (χ3n) is 3.37. The molecule has 0 fully saturated rings. The summed E-state index contributed by atoms with van der Waals surface area (Å²) in [5.41, 5.74) is 5.75. The minimum absolute atomic E-state index is 0.107. The van der Waals surface area contributed by atoms with E-state index in [4.69, 9.17) is 10.5 Å². The van der Waals surface area contributed by atoms with E-state index in [0.717, 1.165) is 0 Å². The molecule has 0 aliphatic carbocycles. The molecule has 8 heteroatoms. The highest BCUT2D eigenvalue weighted by Crippen LogP contribution is 2.18. The molecule has 2 aromatic rings. The molecule has 4 N–H and O–H groups in total. The van der Waals surface area contributed by atoms with Crippen LogP contribution in [0.25, 0.3) is 0 Å². The second-order valence-corrected chi connectivity index (χ2v) is 8.68. The predicted octanol–water partition coefficient (Wildman–Crippen LogP) is 2.35. The first kappa shape index (κ1) is 20.9. The lowest BCUT2D eigenvalue weighted by Crippen LogP contribution is -2.40. The molecule has 146 valence electrons. The highest BCUT2D eigenvalue weighted by atomic mass is 32.2. The zero-order valence-electron chi connectivity index (χ0n) is 15.7. The summed E-state index contributed by atoms with van der Waals surface area (Å²) in [5.74, 6) is 0.331. The minimum atomic E-state index is -3.64. The average molecular weight is 391 g/mol. The Kier molecular flexibility index (Phi) is 6.59. The van der Waals surface area contributed by atoms with Gasteiger partial charge in [0.25, 0.3) is 5.91 Å². The summed E-state index contributed by atoms with van der Waals surface area (Å²) < 4.78 is 32.5. The first-order chi connectivity index (χ1) is 12.6. The fraction of sp³-hybridized carbons (Fsp3) is 0.316. The number of anilines is 1. The fourth-order valence-electron chi connectivity index (χ4n) is 2.26. The number of amides is 1. The van der Waals surface area contributed by atoms with Gasteiger partial charge in [-0.1, -0.05) is 0 Å². The van der Waals surface area contributed by atoms with Gasteiger partial charge in [0.1, 0.15) is 12.4 Å². The molecule has 0 spiro atoms. The van der Waals surface area contributed by atoms with Gasteiger partial charge in [0.2, 0.25) is 10.0 Å². The third-order valence-corrected chi connectivity index (χ3v) is 5.14. The fourth-order valence-corrected chi connectivity index (χ4v) is 3.68. The van der Waals surface area contributed by atoms with Crippen LogP contribution in [0.3, 0.4) is 0 Å². The van der Waals surface area contributed by atoms with Crippen molar-refractivity contribution >= 4 is 21.6 Å². The van der Waals surface area contributed by atoms with Gasteiger partial charge >= 0.3 is 0 Å². The van der Waals surface area contributed by atoms with Crippen LogP contribution in [0.4, 0.5) is 5.69 Å². The number of hydrogen-bond donors (Lipinski definition) is 3. The third kappa shape index (κ3) is 6.35. The summed E-state index contributed by atoms with van der Waals surface area (Å²) in [4.78, 5) is 12.4. The molecule has 0 radical (unpaired) electrons. The highest BCUT2D eigenvalue weighted by Gasteiger charge is 2.22. The molecule has 0 aromatic heterocycles. The predicted molar refractivity (Wildman–Crippen MR) is 105 cm³/mol. The lowest BCUT2D eigenvalue weighted by atomic mass is 10.1. The maximum atomic E-state index is 12.3. The van der Waals surface area contributed by atoms with Crippen LogP contribution < -0.4 is 20.5 Å². The normalized spacial score (nSPS) is 11.9. The van der Waals surface area contributed by atoms with Gasteiger partial charge in [-0.15, -0.1) is 0 Å². The molecule has 0 bridgehead atoms. The van der Waals surface area contributed by atoms with Crippen LogP contribution in [0.2, 0.25) is 0 Å². The molecule has 1 amide bonds. The Hall–Kier alpha value is -2.42. The van der Waals surface area contributed by atoms with Crippen molar-refractivity contribution in [1.29, 1.82) is 0 Å². The number of carbonyl (C=O) groups excluding carboxylic acids is 1. The highest BCUT2D eigenvalue weighted by molar-refractivity contribution is 7.89. The second kappa shape index (κ2) is 8.51. The van der Waals surface area contributed by atoms with Gasteiger partial charge in [0, 0.05) is 23.3 Å². The molecule has 0 aliphatic rings. The van der Waals surface area contributed by atoms with E-state index in [1.54, 1.807) is 45.0 Å². The summed E-state index contributed by atoms with van der Waals surface area (Å²) in [6.45, 7) is 6.14. The Morgan fingerprint density at radius 2 is 1.63 bits per heavy atom. The summed E-state index contributed by atoms with van der Waals surface area (Å²) in [7, 11) is -3.64. The summed E-state index contributed by atoms with van der Waals surface area (Å²) in [6.07, 6.45) is 0. The number of nitrogens with one attached hydrogen (secondary N) is 2. The second-order valence-electron chi connectivity index (χ2n) is 7.00. The number of carbonyl (C=O) groups is 1. The van der Waals surface area contributed by atoms with Gasteiger partial charge in [0.15, 0.2) is 0 Å². The molecule has 0 saturated heterocycles. The van der Waals surface area contributed by atoms with Crippen molar-refractivity contribution in [2.75, 3.05) is 18.5 Å². The van der Waals surface area contributed by atoms with E-state index in [0.29, 0.717) is 30.2 Å². The number of nitrogens with two attached hydrogens (primary N) is 1. The van der Waals surface area contributed by atoms with Crippen molar-refractivity contribution in [3.05, 3.63) is 54.1 Å². The van der Waals surface area contributed by atoms with Gasteiger partial charge in [-0.2, -0.15) is 0 Å². The number of rotatable bonds is 7. The summed E-state index contributed by atoms with van der Waals surface area (Å²) in [5, 5.41) is 2.75. The van der Waals surface area contributed by atoms with Crippen molar-refractivity contribution < 1.29 is 17.9 Å². The van der Waals surface area contributed by atoms with Crippen LogP contribution in [0.1, 0.15) is 31.1 Å². The Morgan fingerprint density at radius 1 is 1.04 bits per heavy atom. The molecule has 2 rings (SSSR count). The zero-order valence-corrected chi connectivity index (χ0v) is 16.5. The van der Waals surface area contributed by atoms with Crippen molar-refractivity contribution in [3.8, 4) is 5.75 Å². The molecular formula is C19H25N3O4S. The number of ether oxygens (including phenoxy) is 1. The molecule has 27 heavy (non-hydrogen) atoms.